The normalized spacial score (nSPS) is 13.2. The lowest BCUT2D eigenvalue weighted by Gasteiger charge is -2.11. The molecule has 0 bridgehead atoms. The third kappa shape index (κ3) is 3.89. The average molecular weight is 338 g/mol. The molecule has 1 unspecified atom stereocenters. The molecule has 0 amide bonds. The van der Waals surface area contributed by atoms with E-state index in [4.69, 9.17) is 11.6 Å². The summed E-state index contributed by atoms with van der Waals surface area (Å²) in [4.78, 5) is 0. The second-order valence-electron chi connectivity index (χ2n) is 4.50. The van der Waals surface area contributed by atoms with Crippen LogP contribution in [0.25, 0.3) is 5.69 Å². The van der Waals surface area contributed by atoms with Gasteiger partial charge in [-0.1, -0.05) is 0 Å². The number of rotatable bonds is 5. The predicted molar refractivity (Wildman–Crippen MR) is 73.7 cm³/mol. The van der Waals surface area contributed by atoms with Gasteiger partial charge in [0.05, 0.1) is 12.0 Å². The fourth-order valence-corrected chi connectivity index (χ4v) is 1.81. The van der Waals surface area contributed by atoms with Crippen LogP contribution < -0.4 is 5.32 Å². The second-order valence-corrected chi connectivity index (χ2v) is 4.81. The highest BCUT2D eigenvalue weighted by molar-refractivity contribution is 6.18. The van der Waals surface area contributed by atoms with Gasteiger partial charge < -0.3 is 10.4 Å². The molecule has 0 fully saturated rings. The Balaban J connectivity index is 2.17. The maximum absolute atomic E-state index is 14.0. The molecule has 9 heteroatoms. The summed E-state index contributed by atoms with van der Waals surface area (Å²) in [6.45, 7) is 0.127. The van der Waals surface area contributed by atoms with Crippen molar-refractivity contribution in [2.24, 2.45) is 0 Å². The molecule has 1 atom stereocenters. The van der Waals surface area contributed by atoms with Gasteiger partial charge in [-0.25, -0.2) is 9.07 Å². The average Bonchev–Trinajstić information content (AvgIpc) is 2.94. The van der Waals surface area contributed by atoms with E-state index in [9.17, 15) is 22.7 Å². The van der Waals surface area contributed by atoms with Crippen LogP contribution in [0, 0.1) is 5.82 Å². The van der Waals surface area contributed by atoms with Crippen molar-refractivity contribution in [1.82, 2.24) is 9.78 Å². The highest BCUT2D eigenvalue weighted by atomic mass is 35.5. The maximum Gasteiger partial charge on any atom is 0.435 e. The largest absolute Gasteiger partial charge is 0.435 e. The van der Waals surface area contributed by atoms with E-state index < -0.39 is 23.8 Å². The van der Waals surface area contributed by atoms with Crippen molar-refractivity contribution in [3.8, 4) is 5.69 Å². The van der Waals surface area contributed by atoms with Gasteiger partial charge in [0.15, 0.2) is 11.5 Å². The van der Waals surface area contributed by atoms with Gasteiger partial charge in [0.25, 0.3) is 0 Å². The van der Waals surface area contributed by atoms with E-state index in [1.807, 2.05) is 0 Å². The molecular formula is C13H12ClF4N3O. The zero-order chi connectivity index (χ0) is 16.3. The van der Waals surface area contributed by atoms with E-state index in [2.05, 4.69) is 10.4 Å². The summed E-state index contributed by atoms with van der Waals surface area (Å²) < 4.78 is 52.2. The van der Waals surface area contributed by atoms with Crippen molar-refractivity contribution in [3.05, 3.63) is 42.0 Å². The lowest BCUT2D eigenvalue weighted by atomic mass is 10.2. The van der Waals surface area contributed by atoms with Crippen LogP contribution in [-0.4, -0.2) is 33.4 Å². The lowest BCUT2D eigenvalue weighted by molar-refractivity contribution is -0.141. The quantitative estimate of drug-likeness (QED) is 0.651. The van der Waals surface area contributed by atoms with E-state index in [1.165, 1.54) is 12.1 Å². The zero-order valence-electron chi connectivity index (χ0n) is 11.1. The molecule has 0 radical (unpaired) electrons. The molecule has 1 aromatic heterocycles. The van der Waals surface area contributed by atoms with Crippen LogP contribution in [0.2, 0.25) is 0 Å². The van der Waals surface area contributed by atoms with Crippen molar-refractivity contribution in [2.75, 3.05) is 17.7 Å². The predicted octanol–water partition coefficient (Wildman–Crippen LogP) is 3.04. The van der Waals surface area contributed by atoms with E-state index in [-0.39, 0.29) is 18.1 Å². The molecule has 0 saturated carbocycles. The van der Waals surface area contributed by atoms with Crippen molar-refractivity contribution >= 4 is 17.3 Å². The standard InChI is InChI=1S/C13H12ClF4N3O/c14-6-9(22)7-19-8-1-2-11(10(15)5-8)21-4-3-12(20-21)13(16,17)18/h1-5,9,19,22H,6-7H2. The van der Waals surface area contributed by atoms with Gasteiger partial charge in [0.1, 0.15) is 5.69 Å². The number of aliphatic hydroxyl groups excluding tert-OH is 1. The Hall–Kier alpha value is -1.80. The molecule has 0 saturated heterocycles. The molecule has 0 spiro atoms. The number of benzene rings is 1. The lowest BCUT2D eigenvalue weighted by Crippen LogP contribution is -2.20. The van der Waals surface area contributed by atoms with E-state index in [1.54, 1.807) is 0 Å². The van der Waals surface area contributed by atoms with Crippen LogP contribution in [0.15, 0.2) is 30.5 Å². The van der Waals surface area contributed by atoms with Gasteiger partial charge in [-0.05, 0) is 24.3 Å². The fourth-order valence-electron chi connectivity index (χ4n) is 1.70. The smallest absolute Gasteiger partial charge is 0.390 e. The minimum atomic E-state index is -4.58. The van der Waals surface area contributed by atoms with Crippen LogP contribution >= 0.6 is 11.6 Å². The van der Waals surface area contributed by atoms with Crippen molar-refractivity contribution in [3.63, 3.8) is 0 Å². The third-order valence-electron chi connectivity index (χ3n) is 2.79. The molecule has 1 aromatic carbocycles. The van der Waals surface area contributed by atoms with Crippen LogP contribution in [0.1, 0.15) is 5.69 Å². The molecular weight excluding hydrogens is 326 g/mol. The zero-order valence-corrected chi connectivity index (χ0v) is 11.9. The number of hydrogen-bond donors (Lipinski definition) is 2. The first-order valence-corrected chi connectivity index (χ1v) is 6.75. The number of halogens is 5. The molecule has 4 nitrogen and oxygen atoms in total. The summed E-state index contributed by atoms with van der Waals surface area (Å²) >= 11 is 5.43. The van der Waals surface area contributed by atoms with Gasteiger partial charge in [-0.15, -0.1) is 11.6 Å². The summed E-state index contributed by atoms with van der Waals surface area (Å²) in [5.74, 6) is -0.719. The van der Waals surface area contributed by atoms with Crippen LogP contribution in [0.5, 0.6) is 0 Å². The van der Waals surface area contributed by atoms with Gasteiger partial charge in [0, 0.05) is 18.4 Å². The topological polar surface area (TPSA) is 50.1 Å². The summed E-state index contributed by atoms with van der Waals surface area (Å²) in [7, 11) is 0. The van der Waals surface area contributed by atoms with Gasteiger partial charge in [0.2, 0.25) is 0 Å². The number of aliphatic hydroxyl groups is 1. The Bertz CT molecular complexity index is 644. The Kier molecular flexibility index (Phi) is 4.92. The number of nitrogens with zero attached hydrogens (tertiary/aromatic N) is 2. The second kappa shape index (κ2) is 6.53. The van der Waals surface area contributed by atoms with E-state index in [0.717, 1.165) is 23.0 Å². The van der Waals surface area contributed by atoms with E-state index in [0.29, 0.717) is 5.69 Å². The monoisotopic (exact) mass is 337 g/mol. The van der Waals surface area contributed by atoms with Gasteiger partial charge in [-0.2, -0.15) is 18.3 Å². The van der Waals surface area contributed by atoms with Crippen LogP contribution in [-0.2, 0) is 6.18 Å². The summed E-state index contributed by atoms with van der Waals surface area (Å²) in [6, 6.07) is 4.62. The number of aromatic nitrogens is 2. The Morgan fingerprint density at radius 3 is 2.59 bits per heavy atom. The maximum atomic E-state index is 14.0. The molecule has 0 aliphatic carbocycles. The van der Waals surface area contributed by atoms with Crippen LogP contribution in [0.4, 0.5) is 23.2 Å². The highest BCUT2D eigenvalue weighted by Gasteiger charge is 2.33. The Morgan fingerprint density at radius 1 is 1.32 bits per heavy atom. The molecule has 0 aliphatic heterocycles. The molecule has 1 heterocycles. The number of hydrogen-bond acceptors (Lipinski definition) is 3. The molecule has 2 N–H and O–H groups in total. The van der Waals surface area contributed by atoms with Crippen LogP contribution in [0.3, 0.4) is 0 Å². The number of alkyl halides is 4. The number of nitrogens with one attached hydrogen (secondary N) is 1. The highest BCUT2D eigenvalue weighted by Crippen LogP contribution is 2.28. The number of anilines is 1. The molecule has 22 heavy (non-hydrogen) atoms. The SMILES string of the molecule is OC(CCl)CNc1ccc(-n2ccc(C(F)(F)F)n2)c(F)c1. The third-order valence-corrected chi connectivity index (χ3v) is 3.15. The molecule has 120 valence electrons. The van der Waals surface area contributed by atoms with Crippen molar-refractivity contribution in [2.45, 2.75) is 12.3 Å². The first-order chi connectivity index (χ1) is 10.3. The van der Waals surface area contributed by atoms with Crippen molar-refractivity contribution in [1.29, 1.82) is 0 Å². The first-order valence-electron chi connectivity index (χ1n) is 6.22. The van der Waals surface area contributed by atoms with Gasteiger partial charge in [-0.3, -0.25) is 0 Å². The minimum Gasteiger partial charge on any atom is -0.390 e. The molecule has 0 aliphatic rings. The minimum absolute atomic E-state index is 0.0288. The Morgan fingerprint density at radius 2 is 2.05 bits per heavy atom. The summed E-state index contributed by atoms with van der Waals surface area (Å²) in [5.41, 5.74) is -0.841. The Labute approximate surface area is 128 Å². The van der Waals surface area contributed by atoms with Gasteiger partial charge >= 0.3 is 6.18 Å². The summed E-state index contributed by atoms with van der Waals surface area (Å²) in [6.07, 6.45) is -4.34. The van der Waals surface area contributed by atoms with Crippen molar-refractivity contribution < 1.29 is 22.7 Å². The first kappa shape index (κ1) is 16.6. The van der Waals surface area contributed by atoms with E-state index >= 15 is 0 Å². The molecule has 2 rings (SSSR count). The molecule has 2 aromatic rings. The fraction of sp³-hybridized carbons (Fsp3) is 0.308. The summed E-state index contributed by atoms with van der Waals surface area (Å²) in [5, 5.41) is 15.4.